The molecule has 0 unspecified atom stereocenters. The van der Waals surface area contributed by atoms with E-state index in [9.17, 15) is 0 Å². The van der Waals surface area contributed by atoms with Gasteiger partial charge < -0.3 is 0 Å². The van der Waals surface area contributed by atoms with Gasteiger partial charge in [0.05, 0.1) is 11.7 Å². The van der Waals surface area contributed by atoms with Crippen LogP contribution in [0.15, 0.2) is 6.07 Å². The number of benzene rings is 1. The fourth-order valence-corrected chi connectivity index (χ4v) is 6.28. The lowest BCUT2D eigenvalue weighted by atomic mass is 9.52. The Morgan fingerprint density at radius 3 is 3.19 bits per heavy atom. The Balaban J connectivity index is 1.72. The lowest BCUT2D eigenvalue weighted by molar-refractivity contribution is -0.0364. The predicted octanol–water partition coefficient (Wildman–Crippen LogP) is 3.00. The van der Waals surface area contributed by atoms with E-state index in [1.807, 2.05) is 6.07 Å². The molecule has 108 valence electrons. The maximum atomic E-state index is 5.09. The van der Waals surface area contributed by atoms with Crippen LogP contribution >= 0.6 is 0 Å². The van der Waals surface area contributed by atoms with Crippen molar-refractivity contribution >= 4 is 5.69 Å². The maximum Gasteiger partial charge on any atom is 0.0630 e. The zero-order valence-corrected chi connectivity index (χ0v) is 12.8. The Morgan fingerprint density at radius 2 is 2.29 bits per heavy atom. The minimum Gasteiger partial charge on any atom is -0.299 e. The topological polar surface area (TPSA) is 17.3 Å². The van der Waals surface area contributed by atoms with Crippen molar-refractivity contribution < 1.29 is 0 Å². The third kappa shape index (κ3) is 1.34. The first kappa shape index (κ1) is 12.5. The summed E-state index contributed by atoms with van der Waals surface area (Å²) in [6.45, 7) is 4.96. The molecule has 1 spiro atoms. The molecule has 0 N–H and O–H groups in total. The van der Waals surface area contributed by atoms with Gasteiger partial charge in [0.25, 0.3) is 0 Å². The second-order valence-corrected chi connectivity index (χ2v) is 7.53. The summed E-state index contributed by atoms with van der Waals surface area (Å²) in [7, 11) is 0. The van der Waals surface area contributed by atoms with Crippen LogP contribution in [0.25, 0.3) is 0 Å². The molecule has 0 aromatic heterocycles. The average Bonchev–Trinajstić information content (AvgIpc) is 3.08. The maximum absolute atomic E-state index is 5.09. The van der Waals surface area contributed by atoms with E-state index in [0.717, 1.165) is 5.69 Å². The van der Waals surface area contributed by atoms with Crippen molar-refractivity contribution in [3.05, 3.63) is 29.8 Å². The van der Waals surface area contributed by atoms with Crippen molar-refractivity contribution in [2.24, 2.45) is 5.41 Å². The summed E-state index contributed by atoms with van der Waals surface area (Å²) in [6.07, 6.45) is 8.02. The van der Waals surface area contributed by atoms with E-state index in [1.165, 1.54) is 57.2 Å². The number of rotatable bonds is 1. The van der Waals surface area contributed by atoms with E-state index >= 15 is 0 Å². The first-order valence-corrected chi connectivity index (χ1v) is 8.60. The number of hydrogen-bond donors (Lipinski definition) is 0. The van der Waals surface area contributed by atoms with Crippen LogP contribution in [0.5, 0.6) is 0 Å². The SMILES string of the molecule is CC[C@@]12CCCN3CC[C@]4(c5[c][c][c]cc5[N][C@@H]4CC1)[C@H]32. The molecule has 3 heterocycles. The summed E-state index contributed by atoms with van der Waals surface area (Å²) in [5.41, 5.74) is 3.31. The summed E-state index contributed by atoms with van der Waals surface area (Å²) < 4.78 is 0. The van der Waals surface area contributed by atoms with Crippen LogP contribution in [-0.4, -0.2) is 30.1 Å². The summed E-state index contributed by atoms with van der Waals surface area (Å²) >= 11 is 0. The quantitative estimate of drug-likeness (QED) is 0.772. The van der Waals surface area contributed by atoms with Gasteiger partial charge >= 0.3 is 0 Å². The lowest BCUT2D eigenvalue weighted by Crippen LogP contribution is -2.63. The molecule has 2 heteroatoms. The summed E-state index contributed by atoms with van der Waals surface area (Å²) in [5, 5.41) is 5.09. The highest BCUT2D eigenvalue weighted by Crippen LogP contribution is 2.63. The van der Waals surface area contributed by atoms with Crippen molar-refractivity contribution in [3.63, 3.8) is 0 Å². The van der Waals surface area contributed by atoms with E-state index < -0.39 is 0 Å². The number of nitrogens with zero attached hydrogens (tertiary/aromatic N) is 2. The normalized spacial score (nSPS) is 43.9. The fourth-order valence-electron chi connectivity index (χ4n) is 6.28. The number of piperidine rings is 1. The standard InChI is InChI=1S/C19H22N2/c1-2-18-9-5-12-21-13-11-19(17(18)21)14-6-3-4-7-15(14)20-16(19)8-10-18/h7,16-17H,2,5,8-13H2,1H3/t16-,17-,18-,19-/m1/s1. The summed E-state index contributed by atoms with van der Waals surface area (Å²) in [6, 6.07) is 12.8. The molecule has 1 aromatic rings. The van der Waals surface area contributed by atoms with Gasteiger partial charge in [-0.3, -0.25) is 10.2 Å². The second-order valence-electron chi connectivity index (χ2n) is 7.53. The van der Waals surface area contributed by atoms with Crippen LogP contribution < -0.4 is 5.32 Å². The smallest absolute Gasteiger partial charge is 0.0630 e. The number of hydrogen-bond acceptors (Lipinski definition) is 1. The van der Waals surface area contributed by atoms with Crippen LogP contribution in [-0.2, 0) is 5.41 Å². The molecule has 3 aliphatic heterocycles. The van der Waals surface area contributed by atoms with E-state index in [1.54, 1.807) is 0 Å². The molecular formula is C19H22N2. The average molecular weight is 278 g/mol. The van der Waals surface area contributed by atoms with E-state index in [4.69, 9.17) is 5.32 Å². The molecule has 1 aromatic carbocycles. The van der Waals surface area contributed by atoms with Crippen molar-refractivity contribution in [1.82, 2.24) is 10.2 Å². The first-order chi connectivity index (χ1) is 10.3. The molecule has 4 radical (unpaired) electrons. The molecule has 0 amide bonds. The van der Waals surface area contributed by atoms with Crippen molar-refractivity contribution in [2.75, 3.05) is 13.1 Å². The lowest BCUT2D eigenvalue weighted by Gasteiger charge is -2.57. The van der Waals surface area contributed by atoms with Crippen LogP contribution in [0.3, 0.4) is 0 Å². The fraction of sp³-hybridized carbons (Fsp3) is 0.684. The van der Waals surface area contributed by atoms with E-state index in [0.29, 0.717) is 17.5 Å². The van der Waals surface area contributed by atoms with Crippen LogP contribution in [0, 0.1) is 23.6 Å². The highest BCUT2D eigenvalue weighted by Gasteiger charge is 2.66. The Labute approximate surface area is 127 Å². The third-order valence-electron chi connectivity index (χ3n) is 7.07. The van der Waals surface area contributed by atoms with Gasteiger partial charge in [-0.1, -0.05) is 6.92 Å². The van der Waals surface area contributed by atoms with Crippen molar-refractivity contribution in [2.45, 2.75) is 62.9 Å². The van der Waals surface area contributed by atoms with Crippen LogP contribution in [0.1, 0.15) is 51.0 Å². The Morgan fingerprint density at radius 1 is 1.33 bits per heavy atom. The molecule has 1 saturated carbocycles. The first-order valence-electron chi connectivity index (χ1n) is 8.60. The molecule has 1 aliphatic carbocycles. The van der Waals surface area contributed by atoms with Crippen molar-refractivity contribution in [3.8, 4) is 0 Å². The van der Waals surface area contributed by atoms with Gasteiger partial charge in [-0.05, 0) is 86.9 Å². The van der Waals surface area contributed by atoms with Crippen LogP contribution in [0.4, 0.5) is 5.69 Å². The minimum atomic E-state index is 0.246. The van der Waals surface area contributed by atoms with Gasteiger partial charge in [0.2, 0.25) is 0 Å². The highest BCUT2D eigenvalue weighted by atomic mass is 15.2. The van der Waals surface area contributed by atoms with Gasteiger partial charge in [0, 0.05) is 11.5 Å². The summed E-state index contributed by atoms with van der Waals surface area (Å²) in [5.74, 6) is 0. The zero-order chi connectivity index (χ0) is 14.1. The molecular weight excluding hydrogens is 256 g/mol. The third-order valence-corrected chi connectivity index (χ3v) is 7.07. The van der Waals surface area contributed by atoms with Gasteiger partial charge in [-0.25, -0.2) is 0 Å². The van der Waals surface area contributed by atoms with E-state index in [2.05, 4.69) is 30.0 Å². The molecule has 4 aliphatic rings. The highest BCUT2D eigenvalue weighted by molar-refractivity contribution is 5.57. The summed E-state index contributed by atoms with van der Waals surface area (Å²) in [4.78, 5) is 2.80. The van der Waals surface area contributed by atoms with Gasteiger partial charge in [0.15, 0.2) is 0 Å². The van der Waals surface area contributed by atoms with Gasteiger partial charge in [-0.15, -0.1) is 0 Å². The zero-order valence-electron chi connectivity index (χ0n) is 12.8. The monoisotopic (exact) mass is 278 g/mol. The molecule has 5 rings (SSSR count). The molecule has 2 nitrogen and oxygen atoms in total. The minimum absolute atomic E-state index is 0.246. The Bertz CT molecular complexity index is 583. The Hall–Kier alpha value is -1.02. The molecule has 2 saturated heterocycles. The molecule has 3 fully saturated rings. The Kier molecular flexibility index (Phi) is 2.41. The molecule has 4 atom stereocenters. The second kappa shape index (κ2) is 4.04. The van der Waals surface area contributed by atoms with E-state index in [-0.39, 0.29) is 5.41 Å². The van der Waals surface area contributed by atoms with Crippen molar-refractivity contribution in [1.29, 1.82) is 0 Å². The molecule has 21 heavy (non-hydrogen) atoms. The van der Waals surface area contributed by atoms with Gasteiger partial charge in [0.1, 0.15) is 0 Å². The van der Waals surface area contributed by atoms with Gasteiger partial charge in [-0.2, -0.15) is 0 Å². The number of fused-ring (bicyclic) bond motifs is 1. The predicted molar refractivity (Wildman–Crippen MR) is 81.4 cm³/mol. The largest absolute Gasteiger partial charge is 0.299 e. The molecule has 0 bridgehead atoms. The van der Waals surface area contributed by atoms with Crippen LogP contribution in [0.2, 0.25) is 0 Å².